The molecule has 0 aliphatic carbocycles. The van der Waals surface area contributed by atoms with Crippen molar-refractivity contribution in [1.29, 1.82) is 0 Å². The summed E-state index contributed by atoms with van der Waals surface area (Å²) in [5, 5.41) is 2.49. The fraction of sp³-hybridized carbons (Fsp3) is 0.353. The van der Waals surface area contributed by atoms with Crippen LogP contribution in [0.4, 0.5) is 0 Å². The van der Waals surface area contributed by atoms with Gasteiger partial charge in [-0.25, -0.2) is 0 Å². The average Bonchev–Trinajstić information content (AvgIpc) is 2.46. The van der Waals surface area contributed by atoms with Crippen molar-refractivity contribution in [3.63, 3.8) is 0 Å². The molecule has 0 saturated carbocycles. The van der Waals surface area contributed by atoms with Crippen molar-refractivity contribution in [1.82, 2.24) is 3.53 Å². The number of ketones is 1. The molecule has 0 amide bonds. The predicted octanol–water partition coefficient (Wildman–Crippen LogP) is 0.199. The topological polar surface area (TPSA) is 29.1 Å². The first kappa shape index (κ1) is 15.4. The molecular formula is C17H21INO-. The van der Waals surface area contributed by atoms with E-state index in [0.717, 1.165) is 6.42 Å². The third-order valence-corrected chi connectivity index (χ3v) is 4.78. The van der Waals surface area contributed by atoms with Gasteiger partial charge in [0, 0.05) is 0 Å². The van der Waals surface area contributed by atoms with Gasteiger partial charge in [0.15, 0.2) is 0 Å². The Kier molecular flexibility index (Phi) is 5.54. The third kappa shape index (κ3) is 3.79. The van der Waals surface area contributed by atoms with Crippen LogP contribution in [-0.4, -0.2) is 16.8 Å². The number of Topliss-reactive ketones (excluding diaryl/α,β-unsaturated/α-hetero) is 1. The SMILES string of the molecule is C[I-]N[C@@H](Cc1ccc2ccccc2c1)C(=O)C(C)C. The van der Waals surface area contributed by atoms with Gasteiger partial charge >= 0.3 is 132 Å². The van der Waals surface area contributed by atoms with Gasteiger partial charge in [-0.3, -0.25) is 0 Å². The van der Waals surface area contributed by atoms with E-state index in [4.69, 9.17) is 0 Å². The van der Waals surface area contributed by atoms with Gasteiger partial charge in [0.25, 0.3) is 0 Å². The zero-order valence-corrected chi connectivity index (χ0v) is 14.3. The molecule has 0 radical (unpaired) electrons. The monoisotopic (exact) mass is 382 g/mol. The van der Waals surface area contributed by atoms with E-state index in [-0.39, 0.29) is 33.4 Å². The van der Waals surface area contributed by atoms with E-state index in [0.29, 0.717) is 5.78 Å². The van der Waals surface area contributed by atoms with Gasteiger partial charge in [-0.1, -0.05) is 0 Å². The van der Waals surface area contributed by atoms with Crippen LogP contribution in [0.25, 0.3) is 10.8 Å². The maximum atomic E-state index is 12.3. The van der Waals surface area contributed by atoms with Gasteiger partial charge in [0.2, 0.25) is 0 Å². The van der Waals surface area contributed by atoms with Gasteiger partial charge in [0.1, 0.15) is 0 Å². The summed E-state index contributed by atoms with van der Waals surface area (Å²) in [7, 11) is 0. The molecule has 108 valence electrons. The molecule has 0 fully saturated rings. The molecule has 0 bridgehead atoms. The van der Waals surface area contributed by atoms with Gasteiger partial charge in [-0.2, -0.15) is 0 Å². The minimum absolute atomic E-state index is 0.0334. The van der Waals surface area contributed by atoms with Crippen molar-refractivity contribution in [2.45, 2.75) is 26.3 Å². The molecule has 0 aromatic heterocycles. The number of carbonyl (C=O) groups is 1. The number of hydrogen-bond acceptors (Lipinski definition) is 2. The van der Waals surface area contributed by atoms with Crippen molar-refractivity contribution in [3.8, 4) is 0 Å². The Labute approximate surface area is 131 Å². The van der Waals surface area contributed by atoms with E-state index in [9.17, 15) is 4.79 Å². The molecule has 2 aromatic carbocycles. The van der Waals surface area contributed by atoms with Gasteiger partial charge < -0.3 is 0 Å². The number of alkyl halides is 1. The molecule has 3 heteroatoms. The molecular weight excluding hydrogens is 361 g/mol. The second-order valence-electron chi connectivity index (χ2n) is 5.29. The Morgan fingerprint density at radius 3 is 2.50 bits per heavy atom. The minimum atomic E-state index is -0.0964. The summed E-state index contributed by atoms with van der Waals surface area (Å²) in [6.45, 7) is 3.96. The quantitative estimate of drug-likeness (QED) is 0.440. The number of nitrogens with one attached hydrogen (secondary N) is 1. The van der Waals surface area contributed by atoms with Crippen LogP contribution in [0.2, 0.25) is 0 Å². The van der Waals surface area contributed by atoms with E-state index < -0.39 is 0 Å². The van der Waals surface area contributed by atoms with Crippen LogP contribution in [-0.2, 0) is 11.2 Å². The summed E-state index contributed by atoms with van der Waals surface area (Å²) in [4.78, 5) is 14.4. The van der Waals surface area contributed by atoms with Crippen molar-refractivity contribution in [3.05, 3.63) is 48.0 Å². The van der Waals surface area contributed by atoms with Crippen LogP contribution >= 0.6 is 0 Å². The molecule has 1 N–H and O–H groups in total. The van der Waals surface area contributed by atoms with Gasteiger partial charge in [0.05, 0.1) is 0 Å². The van der Waals surface area contributed by atoms with E-state index in [2.05, 4.69) is 50.9 Å². The van der Waals surface area contributed by atoms with Crippen LogP contribution < -0.4 is 25.0 Å². The first-order valence-corrected chi connectivity index (χ1v) is 10.1. The molecule has 0 saturated heterocycles. The summed E-state index contributed by atoms with van der Waals surface area (Å²) in [5.74, 6) is 0.406. The Balaban J connectivity index is 2.21. The summed E-state index contributed by atoms with van der Waals surface area (Å²) >= 11 is -0.0964. The maximum absolute atomic E-state index is 12.3. The number of rotatable bonds is 6. The zero-order valence-electron chi connectivity index (χ0n) is 12.2. The first-order chi connectivity index (χ1) is 9.61. The molecule has 20 heavy (non-hydrogen) atoms. The molecule has 1 atom stereocenters. The Morgan fingerprint density at radius 1 is 1.15 bits per heavy atom. The van der Waals surface area contributed by atoms with Crippen LogP contribution in [0, 0.1) is 5.92 Å². The molecule has 2 nitrogen and oxygen atoms in total. The summed E-state index contributed by atoms with van der Waals surface area (Å²) in [5.41, 5.74) is 1.23. The van der Waals surface area contributed by atoms with E-state index in [1.165, 1.54) is 16.3 Å². The van der Waals surface area contributed by atoms with Crippen LogP contribution in [0.3, 0.4) is 0 Å². The third-order valence-electron chi connectivity index (χ3n) is 3.41. The van der Waals surface area contributed by atoms with E-state index in [1.54, 1.807) is 0 Å². The molecule has 0 aliphatic rings. The molecule has 0 heterocycles. The Hall–Kier alpha value is -0.940. The number of fused-ring (bicyclic) bond motifs is 1. The fourth-order valence-corrected chi connectivity index (χ4v) is 3.61. The van der Waals surface area contributed by atoms with E-state index >= 15 is 0 Å². The molecule has 0 aliphatic heterocycles. The van der Waals surface area contributed by atoms with Crippen LogP contribution in [0.15, 0.2) is 42.5 Å². The molecule has 0 spiro atoms. The summed E-state index contributed by atoms with van der Waals surface area (Å²) in [6, 6.07) is 14.8. The number of carbonyl (C=O) groups excluding carboxylic acids is 1. The van der Waals surface area contributed by atoms with Gasteiger partial charge in [-0.15, -0.1) is 0 Å². The van der Waals surface area contributed by atoms with Crippen LogP contribution in [0.1, 0.15) is 19.4 Å². The Morgan fingerprint density at radius 2 is 1.85 bits per heavy atom. The molecule has 2 rings (SSSR count). The van der Waals surface area contributed by atoms with E-state index in [1.807, 2.05) is 13.8 Å². The van der Waals surface area contributed by atoms with Gasteiger partial charge in [-0.05, 0) is 0 Å². The van der Waals surface area contributed by atoms with Crippen molar-refractivity contribution < 1.29 is 26.3 Å². The fourth-order valence-electron chi connectivity index (χ4n) is 2.33. The second-order valence-corrected chi connectivity index (χ2v) is 6.99. The average molecular weight is 382 g/mol. The number of hydrogen-bond donors (Lipinski definition) is 1. The standard InChI is InChI=1S/C17H21INO/c1-12(2)17(20)16(19-18-3)11-13-8-9-14-6-4-5-7-15(14)10-13/h4-10,12,16,19H,11H2,1-3H3/q-1/t16-/m0/s1. The Bertz CT molecular complexity index is 594. The summed E-state index contributed by atoms with van der Waals surface area (Å²) in [6.07, 6.45) is 0.787. The van der Waals surface area contributed by atoms with Crippen LogP contribution in [0.5, 0.6) is 0 Å². The first-order valence-electron chi connectivity index (χ1n) is 6.87. The molecule has 2 aromatic rings. The molecule has 0 unspecified atom stereocenters. The zero-order chi connectivity index (χ0) is 14.5. The second kappa shape index (κ2) is 7.18. The van der Waals surface area contributed by atoms with Crippen molar-refractivity contribution >= 4 is 16.6 Å². The van der Waals surface area contributed by atoms with Crippen molar-refractivity contribution in [2.75, 3.05) is 4.93 Å². The number of benzene rings is 2. The normalized spacial score (nSPS) is 13.0. The predicted molar refractivity (Wildman–Crippen MR) is 80.3 cm³/mol. The van der Waals surface area contributed by atoms with Crippen molar-refractivity contribution in [2.24, 2.45) is 5.92 Å². The summed E-state index contributed by atoms with van der Waals surface area (Å²) < 4.78 is 3.42. The number of halogens is 1.